The van der Waals surface area contributed by atoms with Crippen molar-refractivity contribution in [3.05, 3.63) is 37.2 Å². The molecule has 2 N–H and O–H groups in total. The van der Waals surface area contributed by atoms with Crippen LogP contribution in [-0.4, -0.2) is 84.8 Å². The number of methoxy groups -OCH3 is 1. The average molecular weight is 483 g/mol. The molecule has 0 bridgehead atoms. The maximum atomic E-state index is 9.94. The number of fused-ring (bicyclic) bond motifs is 1. The zero-order chi connectivity index (χ0) is 24.7. The number of piperidine rings is 1. The standard InChI is InChI=1S/C18H23BN6O.C6H16OSi/c1-19(26)24(2)14-4-3-7-25(11-14)16-5-6-22-18-17(16)15(10-23-18)13-8-20-12-21-9-13;1-7-5-6-8(2,3)4/h5-6,8-10,12,14,26H,3-4,7,11H2,1-2H3,(H,22,23);5-6H2,1-4H3. The first-order valence-electron chi connectivity index (χ1n) is 12.1. The third-order valence-corrected chi connectivity index (χ3v) is 8.09. The molecule has 1 atom stereocenters. The Kier molecular flexibility index (Phi) is 9.24. The molecule has 3 aromatic heterocycles. The van der Waals surface area contributed by atoms with E-state index in [9.17, 15) is 5.02 Å². The number of H-pyrrole nitrogens is 1. The highest BCUT2D eigenvalue weighted by atomic mass is 28.3. The van der Waals surface area contributed by atoms with Crippen molar-refractivity contribution in [1.29, 1.82) is 0 Å². The fourth-order valence-electron chi connectivity index (χ4n) is 4.19. The van der Waals surface area contributed by atoms with Crippen molar-refractivity contribution in [3.8, 4) is 11.1 Å². The van der Waals surface area contributed by atoms with Crippen LogP contribution in [0, 0.1) is 0 Å². The number of anilines is 1. The van der Waals surface area contributed by atoms with E-state index in [1.165, 1.54) is 11.7 Å². The molecule has 0 amide bonds. The van der Waals surface area contributed by atoms with Crippen molar-refractivity contribution in [2.75, 3.05) is 38.8 Å². The molecular weight excluding hydrogens is 443 g/mol. The second kappa shape index (κ2) is 11.9. The maximum Gasteiger partial charge on any atom is 0.376 e. The topological polar surface area (TPSA) is 90.4 Å². The van der Waals surface area contributed by atoms with Crippen LogP contribution < -0.4 is 4.90 Å². The van der Waals surface area contributed by atoms with Crippen LogP contribution in [0.3, 0.4) is 0 Å². The summed E-state index contributed by atoms with van der Waals surface area (Å²) in [6, 6.07) is 3.69. The van der Waals surface area contributed by atoms with E-state index >= 15 is 0 Å². The lowest BCUT2D eigenvalue weighted by molar-refractivity contribution is 0.214. The van der Waals surface area contributed by atoms with Crippen LogP contribution in [-0.2, 0) is 4.74 Å². The maximum absolute atomic E-state index is 9.94. The van der Waals surface area contributed by atoms with Crippen LogP contribution in [0.5, 0.6) is 0 Å². The van der Waals surface area contributed by atoms with E-state index in [0.717, 1.165) is 54.7 Å². The summed E-state index contributed by atoms with van der Waals surface area (Å²) in [4.78, 5) is 20.5. The molecule has 0 saturated carbocycles. The molecular formula is C24H39BN6O2Si. The molecule has 4 heterocycles. The van der Waals surface area contributed by atoms with Crippen molar-refractivity contribution in [2.45, 2.75) is 51.4 Å². The summed E-state index contributed by atoms with van der Waals surface area (Å²) in [5, 5.41) is 11.0. The second-order valence-electron chi connectivity index (χ2n) is 10.2. The summed E-state index contributed by atoms with van der Waals surface area (Å²) in [5.74, 6) is 0. The molecule has 1 unspecified atom stereocenters. The van der Waals surface area contributed by atoms with Gasteiger partial charge in [0.05, 0.1) is 5.39 Å². The van der Waals surface area contributed by atoms with Gasteiger partial charge in [0, 0.05) is 82.5 Å². The quantitative estimate of drug-likeness (QED) is 0.492. The largest absolute Gasteiger partial charge is 0.437 e. The van der Waals surface area contributed by atoms with E-state index in [1.807, 2.05) is 43.5 Å². The van der Waals surface area contributed by atoms with Gasteiger partial charge in [0.25, 0.3) is 0 Å². The molecule has 0 aromatic carbocycles. The lowest BCUT2D eigenvalue weighted by atomic mass is 9.82. The van der Waals surface area contributed by atoms with E-state index in [1.54, 1.807) is 13.4 Å². The summed E-state index contributed by atoms with van der Waals surface area (Å²) in [7, 11) is 2.51. The summed E-state index contributed by atoms with van der Waals surface area (Å²) < 4.78 is 4.95. The van der Waals surface area contributed by atoms with Crippen LogP contribution in [0.2, 0.25) is 32.5 Å². The van der Waals surface area contributed by atoms with E-state index < -0.39 is 15.1 Å². The number of likely N-dealkylation sites (N-methyl/N-ethyl adjacent to an activating group) is 1. The number of ether oxygens (including phenoxy) is 1. The Morgan fingerprint density at radius 2 is 2.03 bits per heavy atom. The van der Waals surface area contributed by atoms with Crippen molar-refractivity contribution in [1.82, 2.24) is 24.7 Å². The van der Waals surface area contributed by atoms with Gasteiger partial charge in [-0.1, -0.05) is 19.6 Å². The van der Waals surface area contributed by atoms with Gasteiger partial charge in [-0.25, -0.2) is 15.0 Å². The first-order valence-corrected chi connectivity index (χ1v) is 15.8. The zero-order valence-corrected chi connectivity index (χ0v) is 22.5. The van der Waals surface area contributed by atoms with Crippen LogP contribution in [0.1, 0.15) is 12.8 Å². The molecule has 4 rings (SSSR count). The Morgan fingerprint density at radius 3 is 2.65 bits per heavy atom. The minimum Gasteiger partial charge on any atom is -0.437 e. The van der Waals surface area contributed by atoms with Gasteiger partial charge in [0.1, 0.15) is 12.0 Å². The Hall–Kier alpha value is -2.27. The van der Waals surface area contributed by atoms with Gasteiger partial charge < -0.3 is 24.5 Å². The molecule has 0 radical (unpaired) electrons. The first-order chi connectivity index (χ1) is 16.2. The highest BCUT2D eigenvalue weighted by molar-refractivity contribution is 6.76. The van der Waals surface area contributed by atoms with E-state index in [2.05, 4.69) is 50.5 Å². The summed E-state index contributed by atoms with van der Waals surface area (Å²) in [6.07, 6.45) is 11.2. The van der Waals surface area contributed by atoms with Crippen molar-refractivity contribution in [2.24, 2.45) is 0 Å². The van der Waals surface area contributed by atoms with Gasteiger partial charge in [0.2, 0.25) is 0 Å². The van der Waals surface area contributed by atoms with Gasteiger partial charge >= 0.3 is 7.05 Å². The van der Waals surface area contributed by atoms with E-state index in [4.69, 9.17) is 4.74 Å². The number of aromatic nitrogens is 4. The highest BCUT2D eigenvalue weighted by Crippen LogP contribution is 2.35. The molecule has 1 saturated heterocycles. The number of pyridine rings is 1. The molecule has 0 spiro atoms. The van der Waals surface area contributed by atoms with E-state index in [-0.39, 0.29) is 0 Å². The number of nitrogens with one attached hydrogen (secondary N) is 1. The molecule has 1 aliphatic heterocycles. The lowest BCUT2D eigenvalue weighted by Gasteiger charge is -2.39. The van der Waals surface area contributed by atoms with E-state index in [0.29, 0.717) is 6.04 Å². The minimum atomic E-state index is -0.803. The van der Waals surface area contributed by atoms with Gasteiger partial charge in [-0.05, 0) is 38.8 Å². The van der Waals surface area contributed by atoms with Gasteiger partial charge in [-0.15, -0.1) is 0 Å². The molecule has 1 fully saturated rings. The van der Waals surface area contributed by atoms with Gasteiger partial charge in [0.15, 0.2) is 0 Å². The minimum absolute atomic E-state index is 0.328. The summed E-state index contributed by atoms with van der Waals surface area (Å²) >= 11 is 0. The van der Waals surface area contributed by atoms with Crippen molar-refractivity contribution >= 4 is 31.8 Å². The monoisotopic (exact) mass is 482 g/mol. The summed E-state index contributed by atoms with van der Waals surface area (Å²) in [5.41, 5.74) is 4.07. The predicted octanol–water partition coefficient (Wildman–Crippen LogP) is 4.00. The Labute approximate surface area is 204 Å². The first kappa shape index (κ1) is 26.3. The lowest BCUT2D eigenvalue weighted by Crippen LogP contribution is -2.51. The molecule has 1 aliphatic rings. The average Bonchev–Trinajstić information content (AvgIpc) is 3.27. The number of hydrogen-bond donors (Lipinski definition) is 2. The fraction of sp³-hybridized carbons (Fsp3) is 0.542. The van der Waals surface area contributed by atoms with Gasteiger partial charge in [-0.3, -0.25) is 0 Å². The molecule has 10 heteroatoms. The zero-order valence-electron chi connectivity index (χ0n) is 21.5. The third-order valence-electron chi connectivity index (χ3n) is 6.38. The van der Waals surface area contributed by atoms with Crippen molar-refractivity contribution < 1.29 is 9.76 Å². The number of rotatable bonds is 7. The van der Waals surface area contributed by atoms with Crippen LogP contribution in [0.4, 0.5) is 5.69 Å². The highest BCUT2D eigenvalue weighted by Gasteiger charge is 2.28. The predicted molar refractivity (Wildman–Crippen MR) is 144 cm³/mol. The number of nitrogens with zero attached hydrogens (tertiary/aromatic N) is 5. The van der Waals surface area contributed by atoms with Crippen molar-refractivity contribution in [3.63, 3.8) is 0 Å². The Morgan fingerprint density at radius 1 is 1.29 bits per heavy atom. The number of hydrogen-bond acceptors (Lipinski definition) is 7. The molecule has 184 valence electrons. The number of aromatic amines is 1. The molecule has 3 aromatic rings. The molecule has 0 aliphatic carbocycles. The third kappa shape index (κ3) is 6.88. The van der Waals surface area contributed by atoms with Gasteiger partial charge in [-0.2, -0.15) is 0 Å². The molecule has 34 heavy (non-hydrogen) atoms. The van der Waals surface area contributed by atoms with Crippen LogP contribution in [0.15, 0.2) is 37.2 Å². The second-order valence-corrected chi connectivity index (χ2v) is 15.8. The normalized spacial score (nSPS) is 16.5. The Balaban J connectivity index is 0.000000350. The Bertz CT molecular complexity index is 1030. The molecule has 8 nitrogen and oxygen atoms in total. The SMILES string of the molecule is CB(O)N(C)C1CCCN(c2ccnc3[nH]cc(-c4cncnc4)c23)C1.COCC[Si](C)(C)C. The fourth-order valence-corrected chi connectivity index (χ4v) is 5.00. The van der Waals surface area contributed by atoms with Crippen LogP contribution >= 0.6 is 0 Å². The van der Waals surface area contributed by atoms with Crippen LogP contribution in [0.25, 0.3) is 22.2 Å². The smallest absolute Gasteiger partial charge is 0.376 e. The summed E-state index contributed by atoms with van der Waals surface area (Å²) in [6.45, 7) is 11.7.